The number of hydrazone groups is 1. The quantitative estimate of drug-likeness (QED) is 0.306. The van der Waals surface area contributed by atoms with E-state index < -0.39 is 0 Å². The minimum atomic E-state index is -0.0571. The van der Waals surface area contributed by atoms with Gasteiger partial charge in [-0.25, -0.2) is 0 Å². The Morgan fingerprint density at radius 3 is 2.50 bits per heavy atom. The zero-order valence-corrected chi connectivity index (χ0v) is 19.4. The second-order valence-electron chi connectivity index (χ2n) is 8.09. The van der Waals surface area contributed by atoms with E-state index in [1.807, 2.05) is 36.4 Å². The Kier molecular flexibility index (Phi) is 5.54. The predicted molar refractivity (Wildman–Crippen MR) is 133 cm³/mol. The highest BCUT2D eigenvalue weighted by atomic mass is 35.5. The van der Waals surface area contributed by atoms with Crippen molar-refractivity contribution in [3.05, 3.63) is 111 Å². The highest BCUT2D eigenvalue weighted by Gasteiger charge is 2.33. The zero-order chi connectivity index (χ0) is 22.2. The van der Waals surface area contributed by atoms with Crippen LogP contribution in [0.4, 0.5) is 5.69 Å². The number of anilines is 1. The molecule has 0 fully saturated rings. The maximum absolute atomic E-state index is 6.41. The van der Waals surface area contributed by atoms with Crippen molar-refractivity contribution >= 4 is 34.6 Å². The van der Waals surface area contributed by atoms with E-state index >= 15 is 0 Å². The molecule has 0 aliphatic carbocycles. The molecule has 0 amide bonds. The van der Waals surface area contributed by atoms with Crippen LogP contribution < -0.4 is 5.01 Å². The molecule has 0 bridgehead atoms. The average molecular weight is 461 g/mol. The summed E-state index contributed by atoms with van der Waals surface area (Å²) in [5, 5.41) is 8.34. The van der Waals surface area contributed by atoms with Crippen LogP contribution in [-0.2, 0) is 0 Å². The summed E-state index contributed by atoms with van der Waals surface area (Å²) in [7, 11) is 0. The molecule has 32 heavy (non-hydrogen) atoms. The lowest BCUT2D eigenvalue weighted by molar-refractivity contribution is 0.475. The third-order valence-corrected chi connectivity index (χ3v) is 6.33. The molecule has 1 atom stereocenters. The van der Waals surface area contributed by atoms with Crippen LogP contribution in [0.15, 0.2) is 88.4 Å². The Morgan fingerprint density at radius 1 is 0.906 bits per heavy atom. The van der Waals surface area contributed by atoms with Crippen LogP contribution >= 0.6 is 23.2 Å². The van der Waals surface area contributed by atoms with Crippen molar-refractivity contribution in [1.29, 1.82) is 0 Å². The molecule has 5 rings (SSSR count). The normalized spacial score (nSPS) is 15.8. The van der Waals surface area contributed by atoms with Gasteiger partial charge in [-0.05, 0) is 61.4 Å². The molecule has 4 aromatic rings. The molecule has 160 valence electrons. The maximum atomic E-state index is 6.41. The van der Waals surface area contributed by atoms with E-state index in [2.05, 4.69) is 49.2 Å². The first-order valence-electron chi connectivity index (χ1n) is 10.5. The number of hydrogen-bond acceptors (Lipinski definition) is 3. The second kappa shape index (κ2) is 8.50. The molecule has 1 aromatic heterocycles. The number of aryl methyl sites for hydroxylation is 2. The van der Waals surface area contributed by atoms with E-state index in [4.69, 9.17) is 32.7 Å². The van der Waals surface area contributed by atoms with Crippen LogP contribution in [0.25, 0.3) is 11.3 Å². The summed E-state index contributed by atoms with van der Waals surface area (Å²) in [6.07, 6.45) is 0.744. The van der Waals surface area contributed by atoms with E-state index in [1.165, 1.54) is 11.1 Å². The molecule has 0 N–H and O–H groups in total. The van der Waals surface area contributed by atoms with Gasteiger partial charge in [-0.1, -0.05) is 71.2 Å². The van der Waals surface area contributed by atoms with Gasteiger partial charge in [0.2, 0.25) is 0 Å². The molecule has 0 spiro atoms. The number of rotatable bonds is 4. The van der Waals surface area contributed by atoms with E-state index in [1.54, 1.807) is 12.1 Å². The van der Waals surface area contributed by atoms with Gasteiger partial charge in [0, 0.05) is 17.0 Å². The number of halogens is 2. The average Bonchev–Trinajstić information content (AvgIpc) is 3.44. The molecule has 3 aromatic carbocycles. The molecule has 0 saturated heterocycles. The van der Waals surface area contributed by atoms with Crippen molar-refractivity contribution in [2.75, 3.05) is 5.01 Å². The van der Waals surface area contributed by atoms with E-state index in [0.717, 1.165) is 34.7 Å². The Morgan fingerprint density at radius 2 is 1.72 bits per heavy atom. The van der Waals surface area contributed by atoms with Gasteiger partial charge in [0.05, 0.1) is 16.4 Å². The van der Waals surface area contributed by atoms with Crippen LogP contribution in [-0.4, -0.2) is 5.71 Å². The fourth-order valence-electron chi connectivity index (χ4n) is 4.18. The van der Waals surface area contributed by atoms with Gasteiger partial charge in [0.25, 0.3) is 0 Å². The summed E-state index contributed by atoms with van der Waals surface area (Å²) in [6, 6.07) is 26.0. The zero-order valence-electron chi connectivity index (χ0n) is 17.8. The number of hydrogen-bond donors (Lipinski definition) is 0. The predicted octanol–water partition coefficient (Wildman–Crippen LogP) is 8.23. The largest absolute Gasteiger partial charge is 0.459 e. The molecule has 1 aliphatic rings. The van der Waals surface area contributed by atoms with Gasteiger partial charge in [-0.15, -0.1) is 0 Å². The fourth-order valence-corrected chi connectivity index (χ4v) is 4.57. The fraction of sp³-hybridized carbons (Fsp3) is 0.148. The summed E-state index contributed by atoms with van der Waals surface area (Å²) in [4.78, 5) is 0. The third kappa shape index (κ3) is 3.94. The van der Waals surface area contributed by atoms with Crippen molar-refractivity contribution in [2.24, 2.45) is 5.10 Å². The van der Waals surface area contributed by atoms with Crippen molar-refractivity contribution in [3.63, 3.8) is 0 Å². The summed E-state index contributed by atoms with van der Waals surface area (Å²) >= 11 is 12.6. The Balaban J connectivity index is 1.56. The molecule has 5 heteroatoms. The van der Waals surface area contributed by atoms with Crippen molar-refractivity contribution in [2.45, 2.75) is 26.3 Å². The lowest BCUT2D eigenvalue weighted by atomic mass is 10.0. The molecular formula is C27H22Cl2N2O. The molecule has 0 saturated carbocycles. The first kappa shape index (κ1) is 20.9. The van der Waals surface area contributed by atoms with Crippen LogP contribution in [0.5, 0.6) is 0 Å². The monoisotopic (exact) mass is 460 g/mol. The SMILES string of the molecule is Cc1ccc(N2N=C(c3ccccc3)CC2c2ccc(-c3cc(Cl)ccc3Cl)o2)c(C)c1. The minimum absolute atomic E-state index is 0.0571. The molecule has 3 nitrogen and oxygen atoms in total. The van der Waals surface area contributed by atoms with Gasteiger partial charge in [0.1, 0.15) is 17.6 Å². The number of benzene rings is 3. The minimum Gasteiger partial charge on any atom is -0.459 e. The second-order valence-corrected chi connectivity index (χ2v) is 8.94. The van der Waals surface area contributed by atoms with Gasteiger partial charge in [-0.3, -0.25) is 5.01 Å². The third-order valence-electron chi connectivity index (χ3n) is 5.77. The van der Waals surface area contributed by atoms with Crippen LogP contribution in [0.3, 0.4) is 0 Å². The van der Waals surface area contributed by atoms with Gasteiger partial charge in [-0.2, -0.15) is 5.10 Å². The Labute approximate surface area is 197 Å². The molecule has 1 unspecified atom stereocenters. The smallest absolute Gasteiger partial charge is 0.135 e. The Bertz CT molecular complexity index is 1310. The van der Waals surface area contributed by atoms with Crippen LogP contribution in [0.1, 0.15) is 34.9 Å². The number of furan rings is 1. The summed E-state index contributed by atoms with van der Waals surface area (Å²) in [5.41, 5.74) is 6.42. The molecular weight excluding hydrogens is 439 g/mol. The highest BCUT2D eigenvalue weighted by molar-refractivity contribution is 6.35. The molecule has 0 radical (unpaired) electrons. The van der Waals surface area contributed by atoms with Crippen LogP contribution in [0, 0.1) is 13.8 Å². The summed E-state index contributed by atoms with van der Waals surface area (Å²) in [5.74, 6) is 1.53. The first-order chi connectivity index (χ1) is 15.5. The van der Waals surface area contributed by atoms with E-state index in [-0.39, 0.29) is 6.04 Å². The van der Waals surface area contributed by atoms with Crippen LogP contribution in [0.2, 0.25) is 10.0 Å². The Hall–Kier alpha value is -3.01. The van der Waals surface area contributed by atoms with Crippen molar-refractivity contribution in [3.8, 4) is 11.3 Å². The van der Waals surface area contributed by atoms with E-state index in [9.17, 15) is 0 Å². The summed E-state index contributed by atoms with van der Waals surface area (Å²) < 4.78 is 6.33. The topological polar surface area (TPSA) is 28.7 Å². The van der Waals surface area contributed by atoms with Crippen molar-refractivity contribution in [1.82, 2.24) is 0 Å². The highest BCUT2D eigenvalue weighted by Crippen LogP contribution is 2.41. The van der Waals surface area contributed by atoms with Gasteiger partial charge < -0.3 is 4.42 Å². The number of nitrogens with zero attached hydrogens (tertiary/aromatic N) is 2. The lowest BCUT2D eigenvalue weighted by Gasteiger charge is -2.24. The maximum Gasteiger partial charge on any atom is 0.135 e. The molecule has 1 aliphatic heterocycles. The lowest BCUT2D eigenvalue weighted by Crippen LogP contribution is -2.19. The van der Waals surface area contributed by atoms with Gasteiger partial charge >= 0.3 is 0 Å². The standard InChI is InChI=1S/C27H22Cl2N2O/c1-17-8-11-24(18(2)14-17)31-25(16-23(30-31)19-6-4-3-5-7-19)27-13-12-26(32-27)21-15-20(28)9-10-22(21)29/h3-15,25H,16H2,1-2H3. The summed E-state index contributed by atoms with van der Waals surface area (Å²) in [6.45, 7) is 4.22. The van der Waals surface area contributed by atoms with Crippen molar-refractivity contribution < 1.29 is 4.42 Å². The van der Waals surface area contributed by atoms with E-state index in [0.29, 0.717) is 15.8 Å². The molecule has 2 heterocycles. The van der Waals surface area contributed by atoms with Gasteiger partial charge in [0.15, 0.2) is 0 Å². The first-order valence-corrected chi connectivity index (χ1v) is 11.3.